The number of aliphatic hydroxyl groups is 1. The van der Waals surface area contributed by atoms with Crippen LogP contribution in [0.25, 0.3) is 11.1 Å². The van der Waals surface area contributed by atoms with Gasteiger partial charge in [0.15, 0.2) is 0 Å². The molecule has 0 aromatic heterocycles. The van der Waals surface area contributed by atoms with Crippen molar-refractivity contribution in [2.24, 2.45) is 0 Å². The van der Waals surface area contributed by atoms with E-state index in [-0.39, 0.29) is 29.0 Å². The fraction of sp³-hybridized carbons (Fsp3) is 0.0909. The predicted octanol–water partition coefficient (Wildman–Crippen LogP) is 3.39. The molecule has 3 N–H and O–H groups in total. The lowest BCUT2D eigenvalue weighted by atomic mass is 9.99. The van der Waals surface area contributed by atoms with Crippen LogP contribution >= 0.6 is 0 Å². The zero-order valence-corrected chi connectivity index (χ0v) is 15.4. The summed E-state index contributed by atoms with van der Waals surface area (Å²) in [4.78, 5) is 31.7. The van der Waals surface area contributed by atoms with E-state index in [2.05, 4.69) is 9.78 Å². The maximum absolute atomic E-state index is 11.4. The summed E-state index contributed by atoms with van der Waals surface area (Å²) in [6.07, 6.45) is 0. The molecule has 8 nitrogen and oxygen atoms in total. The van der Waals surface area contributed by atoms with Gasteiger partial charge in [-0.3, -0.25) is 0 Å². The number of benzene rings is 3. The average Bonchev–Trinajstić information content (AvgIpc) is 3.51. The van der Waals surface area contributed by atoms with Crippen LogP contribution in [0.1, 0.15) is 31.8 Å². The Balaban J connectivity index is 1.52. The highest BCUT2D eigenvalue weighted by molar-refractivity contribution is 5.96. The Bertz CT molecular complexity index is 1120. The molecule has 30 heavy (non-hydrogen) atoms. The first kappa shape index (κ1) is 19.6. The molecule has 1 aliphatic heterocycles. The zero-order valence-electron chi connectivity index (χ0n) is 15.4. The summed E-state index contributed by atoms with van der Waals surface area (Å²) in [7, 11) is 0. The van der Waals surface area contributed by atoms with Crippen LogP contribution < -0.4 is 4.74 Å². The normalized spacial score (nSPS) is 14.2. The van der Waals surface area contributed by atoms with E-state index < -0.39 is 17.9 Å². The molecule has 0 saturated carbocycles. The number of rotatable bonds is 7. The van der Waals surface area contributed by atoms with E-state index in [1.807, 2.05) is 0 Å². The molecule has 1 heterocycles. The Morgan fingerprint density at radius 2 is 1.60 bits per heavy atom. The Morgan fingerprint density at radius 3 is 2.23 bits per heavy atom. The molecular weight excluding hydrogens is 392 g/mol. The molecule has 0 atom stereocenters. The minimum absolute atomic E-state index is 0.0874. The minimum Gasteiger partial charge on any atom is -0.489 e. The number of carbonyl (C=O) groups is 2. The fourth-order valence-corrected chi connectivity index (χ4v) is 2.99. The van der Waals surface area contributed by atoms with Gasteiger partial charge in [-0.05, 0) is 41.0 Å². The second-order valence-corrected chi connectivity index (χ2v) is 6.64. The largest absolute Gasteiger partial charge is 0.489 e. The van der Waals surface area contributed by atoms with Crippen LogP contribution in [-0.2, 0) is 22.4 Å². The monoisotopic (exact) mass is 408 g/mol. The number of aromatic carboxylic acids is 2. The third kappa shape index (κ3) is 4.01. The summed E-state index contributed by atoms with van der Waals surface area (Å²) < 4.78 is 5.67. The summed E-state index contributed by atoms with van der Waals surface area (Å²) in [6.45, 7) is 0.128. The zero-order chi connectivity index (χ0) is 21.3. The lowest BCUT2D eigenvalue weighted by molar-refractivity contribution is 0.0260. The number of hydrogen-bond donors (Lipinski definition) is 3. The third-order valence-corrected chi connectivity index (χ3v) is 4.59. The van der Waals surface area contributed by atoms with Gasteiger partial charge in [0.25, 0.3) is 0 Å². The van der Waals surface area contributed by atoms with Crippen molar-refractivity contribution in [3.63, 3.8) is 0 Å². The molecule has 4 rings (SSSR count). The molecular formula is C22H16O8. The van der Waals surface area contributed by atoms with Gasteiger partial charge in [-0.25, -0.2) is 9.59 Å². The van der Waals surface area contributed by atoms with E-state index in [9.17, 15) is 24.9 Å². The van der Waals surface area contributed by atoms with Gasteiger partial charge < -0.3 is 20.1 Å². The average molecular weight is 408 g/mol. The lowest BCUT2D eigenvalue weighted by Gasteiger charge is -2.11. The Kier molecular flexibility index (Phi) is 4.96. The van der Waals surface area contributed by atoms with Gasteiger partial charge in [0.05, 0.1) is 16.7 Å². The van der Waals surface area contributed by atoms with Gasteiger partial charge >= 0.3 is 17.9 Å². The van der Waals surface area contributed by atoms with Crippen LogP contribution in [-0.4, -0.2) is 27.3 Å². The molecule has 0 aliphatic carbocycles. The Labute approximate surface area is 170 Å². The maximum Gasteiger partial charge on any atom is 0.365 e. The van der Waals surface area contributed by atoms with E-state index in [4.69, 9.17) is 4.74 Å². The molecule has 152 valence electrons. The van der Waals surface area contributed by atoms with Crippen molar-refractivity contribution < 1.29 is 39.4 Å². The molecule has 0 spiro atoms. The van der Waals surface area contributed by atoms with Gasteiger partial charge in [0.1, 0.15) is 12.4 Å². The topological polar surface area (TPSA) is 129 Å². The van der Waals surface area contributed by atoms with Crippen molar-refractivity contribution in [3.8, 4) is 16.9 Å². The third-order valence-electron chi connectivity index (χ3n) is 4.59. The number of hydrogen-bond acceptors (Lipinski definition) is 6. The molecule has 8 heteroatoms. The van der Waals surface area contributed by atoms with Crippen LogP contribution in [0.15, 0.2) is 66.7 Å². The second kappa shape index (κ2) is 7.60. The number of carboxylic acid groups (broad SMARTS) is 2. The quantitative estimate of drug-likeness (QED) is 0.401. The van der Waals surface area contributed by atoms with E-state index in [1.54, 1.807) is 48.5 Å². The molecule has 1 saturated heterocycles. The molecule has 3 aromatic rings. The minimum atomic E-state index is -1.96. The summed E-state index contributed by atoms with van der Waals surface area (Å²) in [6, 6.07) is 17.9. The van der Waals surface area contributed by atoms with Crippen molar-refractivity contribution in [2.45, 2.75) is 12.6 Å². The van der Waals surface area contributed by atoms with Crippen molar-refractivity contribution in [1.82, 2.24) is 0 Å². The van der Waals surface area contributed by atoms with Gasteiger partial charge in [0.2, 0.25) is 0 Å². The van der Waals surface area contributed by atoms with E-state index >= 15 is 0 Å². The predicted molar refractivity (Wildman–Crippen MR) is 103 cm³/mol. The highest BCUT2D eigenvalue weighted by Crippen LogP contribution is 2.39. The van der Waals surface area contributed by atoms with Crippen molar-refractivity contribution in [1.29, 1.82) is 0 Å². The van der Waals surface area contributed by atoms with Crippen LogP contribution in [0.2, 0.25) is 0 Å². The SMILES string of the molecule is O=C(O)c1cc(OCc2ccc(-c3ccccc3C(=O)O)cc2)cc(C2(O)OO2)c1. The first-order chi connectivity index (χ1) is 14.4. The molecule has 3 aromatic carbocycles. The molecule has 1 fully saturated rings. The van der Waals surface area contributed by atoms with E-state index in [0.717, 1.165) is 11.1 Å². The highest BCUT2D eigenvalue weighted by Gasteiger charge is 2.50. The molecule has 0 unspecified atom stereocenters. The maximum atomic E-state index is 11.4. The second-order valence-electron chi connectivity index (χ2n) is 6.64. The van der Waals surface area contributed by atoms with Gasteiger partial charge in [-0.1, -0.05) is 42.5 Å². The smallest absolute Gasteiger partial charge is 0.365 e. The number of carboxylic acids is 2. The first-order valence-corrected chi connectivity index (χ1v) is 8.88. The summed E-state index contributed by atoms with van der Waals surface area (Å²) in [5, 5.41) is 28.5. The molecule has 0 radical (unpaired) electrons. The van der Waals surface area contributed by atoms with Crippen LogP contribution in [0.4, 0.5) is 0 Å². The lowest BCUT2D eigenvalue weighted by Crippen LogP contribution is -2.09. The van der Waals surface area contributed by atoms with Crippen molar-refractivity contribution >= 4 is 11.9 Å². The summed E-state index contributed by atoms with van der Waals surface area (Å²) in [5.74, 6) is -3.93. The molecule has 0 amide bonds. The highest BCUT2D eigenvalue weighted by atomic mass is 17.4. The number of ether oxygens (including phenoxy) is 1. The van der Waals surface area contributed by atoms with E-state index in [0.29, 0.717) is 5.56 Å². The van der Waals surface area contributed by atoms with Gasteiger partial charge in [0, 0.05) is 0 Å². The first-order valence-electron chi connectivity index (χ1n) is 8.88. The van der Waals surface area contributed by atoms with Gasteiger partial charge in [-0.15, -0.1) is 0 Å². The standard InChI is InChI=1S/C22H16O8/c23-20(24)15-9-16(22(27)29-30-22)11-17(10-15)28-12-13-5-7-14(8-6-13)18-3-1-2-4-19(18)21(25)26/h1-11,27H,12H2,(H,23,24)(H,25,26). The van der Waals surface area contributed by atoms with Crippen LogP contribution in [0.5, 0.6) is 5.75 Å². The fourth-order valence-electron chi connectivity index (χ4n) is 2.99. The van der Waals surface area contributed by atoms with Crippen LogP contribution in [0, 0.1) is 0 Å². The Morgan fingerprint density at radius 1 is 0.900 bits per heavy atom. The van der Waals surface area contributed by atoms with Crippen molar-refractivity contribution in [3.05, 3.63) is 89.0 Å². The molecule has 0 bridgehead atoms. The van der Waals surface area contributed by atoms with Gasteiger partial charge in [-0.2, -0.15) is 9.78 Å². The molecule has 1 aliphatic rings. The van der Waals surface area contributed by atoms with Crippen LogP contribution in [0.3, 0.4) is 0 Å². The summed E-state index contributed by atoms with van der Waals surface area (Å²) >= 11 is 0. The van der Waals surface area contributed by atoms with E-state index in [1.165, 1.54) is 18.2 Å². The Hall–Kier alpha value is -3.72. The van der Waals surface area contributed by atoms with Crippen molar-refractivity contribution in [2.75, 3.05) is 0 Å². The summed E-state index contributed by atoms with van der Waals surface area (Å²) in [5.41, 5.74) is 2.37.